The first kappa shape index (κ1) is 16.6. The lowest BCUT2D eigenvalue weighted by Crippen LogP contribution is -2.53. The molecule has 2 fully saturated rings. The van der Waals surface area contributed by atoms with Gasteiger partial charge in [0, 0.05) is 50.1 Å². The zero-order valence-electron chi connectivity index (χ0n) is 13.7. The van der Waals surface area contributed by atoms with E-state index < -0.39 is 0 Å². The van der Waals surface area contributed by atoms with Gasteiger partial charge in [0.1, 0.15) is 6.26 Å². The molecule has 0 unspecified atom stereocenters. The van der Waals surface area contributed by atoms with E-state index in [9.17, 15) is 4.79 Å². The predicted octanol–water partition coefficient (Wildman–Crippen LogP) is 2.18. The van der Waals surface area contributed by atoms with Gasteiger partial charge in [-0.3, -0.25) is 4.90 Å². The summed E-state index contributed by atoms with van der Waals surface area (Å²) in [4.78, 5) is 16.7. The van der Waals surface area contributed by atoms with Crippen molar-refractivity contribution in [1.82, 2.24) is 20.3 Å². The molecule has 128 valence electrons. The van der Waals surface area contributed by atoms with E-state index in [0.29, 0.717) is 6.04 Å². The third kappa shape index (κ3) is 4.64. The van der Waals surface area contributed by atoms with Crippen LogP contribution in [0.1, 0.15) is 31.9 Å². The highest BCUT2D eigenvalue weighted by molar-refractivity contribution is 7.99. The van der Waals surface area contributed by atoms with Crippen LogP contribution in [0.5, 0.6) is 0 Å². The number of nitrogens with zero attached hydrogens (tertiary/aromatic N) is 3. The molecule has 1 saturated carbocycles. The smallest absolute Gasteiger partial charge is 0.317 e. The zero-order valence-corrected chi connectivity index (χ0v) is 14.6. The van der Waals surface area contributed by atoms with Crippen LogP contribution in [-0.2, 0) is 6.54 Å². The molecule has 2 aliphatic rings. The van der Waals surface area contributed by atoms with Crippen LogP contribution < -0.4 is 5.32 Å². The number of hydrogen-bond donors (Lipinski definition) is 1. The van der Waals surface area contributed by atoms with Gasteiger partial charge in [0.2, 0.25) is 0 Å². The molecule has 1 aromatic heterocycles. The van der Waals surface area contributed by atoms with Crippen molar-refractivity contribution >= 4 is 17.8 Å². The zero-order chi connectivity index (χ0) is 16.1. The molecule has 1 aliphatic heterocycles. The van der Waals surface area contributed by atoms with Gasteiger partial charge < -0.3 is 14.7 Å². The maximum absolute atomic E-state index is 12.4. The molecule has 7 heteroatoms. The molecule has 0 bridgehead atoms. The average molecular weight is 338 g/mol. The Labute approximate surface area is 141 Å². The van der Waals surface area contributed by atoms with Crippen molar-refractivity contribution in [2.24, 2.45) is 0 Å². The second-order valence-electron chi connectivity index (χ2n) is 6.29. The number of thioether (sulfide) groups is 1. The van der Waals surface area contributed by atoms with Gasteiger partial charge in [0.05, 0.1) is 5.69 Å². The van der Waals surface area contributed by atoms with E-state index in [0.717, 1.165) is 56.5 Å². The van der Waals surface area contributed by atoms with Crippen molar-refractivity contribution in [3.63, 3.8) is 0 Å². The number of carbonyl (C=O) groups excluding carboxylic acids is 1. The van der Waals surface area contributed by atoms with Gasteiger partial charge in [-0.1, -0.05) is 12.1 Å². The van der Waals surface area contributed by atoms with Crippen LogP contribution in [0.15, 0.2) is 16.9 Å². The van der Waals surface area contributed by atoms with E-state index >= 15 is 0 Å². The summed E-state index contributed by atoms with van der Waals surface area (Å²) < 4.78 is 4.86. The first-order chi connectivity index (χ1) is 11.2. The Hall–Kier alpha value is -1.21. The third-order valence-electron chi connectivity index (χ3n) is 4.65. The highest BCUT2D eigenvalue weighted by Crippen LogP contribution is 2.29. The lowest BCUT2D eigenvalue weighted by Gasteiger charge is -2.34. The Kier molecular flexibility index (Phi) is 5.83. The molecule has 0 aromatic carbocycles. The maximum atomic E-state index is 12.4. The van der Waals surface area contributed by atoms with E-state index in [4.69, 9.17) is 4.52 Å². The van der Waals surface area contributed by atoms with Crippen LogP contribution in [0.2, 0.25) is 0 Å². The average Bonchev–Trinajstić information content (AvgIpc) is 3.21. The highest BCUT2D eigenvalue weighted by Gasteiger charge is 2.28. The quantitative estimate of drug-likeness (QED) is 0.891. The summed E-state index contributed by atoms with van der Waals surface area (Å²) in [6, 6.07) is 2.36. The first-order valence-corrected chi connectivity index (χ1v) is 9.58. The van der Waals surface area contributed by atoms with Gasteiger partial charge in [0.15, 0.2) is 0 Å². The molecule has 1 N–H and O–H groups in total. The molecule has 23 heavy (non-hydrogen) atoms. The Morgan fingerprint density at radius 3 is 2.91 bits per heavy atom. The summed E-state index contributed by atoms with van der Waals surface area (Å²) in [6.07, 6.45) is 5.07. The maximum Gasteiger partial charge on any atom is 0.317 e. The van der Waals surface area contributed by atoms with Crippen molar-refractivity contribution in [1.29, 1.82) is 0 Å². The molecular weight excluding hydrogens is 312 g/mol. The number of hydrogen-bond acceptors (Lipinski definition) is 5. The molecule has 6 nitrogen and oxygen atoms in total. The number of piperazine rings is 1. The molecule has 2 amide bonds. The molecule has 1 saturated heterocycles. The summed E-state index contributed by atoms with van der Waals surface area (Å²) >= 11 is 2.02. The summed E-state index contributed by atoms with van der Waals surface area (Å²) in [5.74, 6) is 1.17. The molecule has 3 rings (SSSR count). The minimum absolute atomic E-state index is 0.109. The summed E-state index contributed by atoms with van der Waals surface area (Å²) in [7, 11) is 0. The fraction of sp³-hybridized carbons (Fsp3) is 0.750. The van der Waals surface area contributed by atoms with Crippen LogP contribution in [0.25, 0.3) is 0 Å². The number of nitrogens with one attached hydrogen (secondary N) is 1. The number of urea groups is 1. The van der Waals surface area contributed by atoms with Gasteiger partial charge in [-0.25, -0.2) is 4.79 Å². The monoisotopic (exact) mass is 338 g/mol. The minimum Gasteiger partial charge on any atom is -0.364 e. The molecule has 2 atom stereocenters. The third-order valence-corrected chi connectivity index (χ3v) is 5.88. The van der Waals surface area contributed by atoms with Crippen LogP contribution in [0.4, 0.5) is 4.79 Å². The summed E-state index contributed by atoms with van der Waals surface area (Å²) in [5.41, 5.74) is 0.952. The number of amides is 2. The van der Waals surface area contributed by atoms with Crippen molar-refractivity contribution in [3.8, 4) is 0 Å². The van der Waals surface area contributed by atoms with E-state index in [1.54, 1.807) is 6.26 Å². The Balaban J connectivity index is 1.38. The van der Waals surface area contributed by atoms with Gasteiger partial charge in [0.25, 0.3) is 0 Å². The Morgan fingerprint density at radius 2 is 2.22 bits per heavy atom. The van der Waals surface area contributed by atoms with Crippen molar-refractivity contribution in [3.05, 3.63) is 18.0 Å². The Morgan fingerprint density at radius 1 is 1.39 bits per heavy atom. The summed E-state index contributed by atoms with van der Waals surface area (Å²) in [5, 5.41) is 7.90. The van der Waals surface area contributed by atoms with Crippen molar-refractivity contribution in [2.75, 3.05) is 31.9 Å². The first-order valence-electron chi connectivity index (χ1n) is 8.53. The largest absolute Gasteiger partial charge is 0.364 e. The van der Waals surface area contributed by atoms with Crippen molar-refractivity contribution < 1.29 is 9.32 Å². The highest BCUT2D eigenvalue weighted by atomic mass is 32.2. The Bertz CT molecular complexity index is 488. The predicted molar refractivity (Wildman–Crippen MR) is 91.4 cm³/mol. The molecule has 0 radical (unpaired) electrons. The lowest BCUT2D eigenvalue weighted by molar-refractivity contribution is 0.131. The van der Waals surface area contributed by atoms with Crippen LogP contribution in [0.3, 0.4) is 0 Å². The van der Waals surface area contributed by atoms with E-state index in [2.05, 4.69) is 22.3 Å². The molecular formula is C16H26N4O2S. The lowest BCUT2D eigenvalue weighted by atomic mass is 10.2. The standard InChI is InChI=1S/C16H26N4O2S/c1-2-23-15-4-3-13(11-15)17-16(21)20-8-6-19(7-9-20)12-14-5-10-22-18-14/h5,10,13,15H,2-4,6-9,11-12H2,1H3,(H,17,21)/t13-,15+/m0/s1. The fourth-order valence-electron chi connectivity index (χ4n) is 3.38. The van der Waals surface area contributed by atoms with Gasteiger partial charge in [-0.05, 0) is 25.0 Å². The second-order valence-corrected chi connectivity index (χ2v) is 7.87. The van der Waals surface area contributed by atoms with Crippen molar-refractivity contribution in [2.45, 2.75) is 44.0 Å². The topological polar surface area (TPSA) is 61.6 Å². The SMILES string of the molecule is CCS[C@@H]1CC[C@H](NC(=O)N2CCN(Cc3ccon3)CC2)C1. The van der Waals surface area contributed by atoms with E-state index in [1.807, 2.05) is 22.7 Å². The van der Waals surface area contributed by atoms with Gasteiger partial charge >= 0.3 is 6.03 Å². The molecule has 2 heterocycles. The number of carbonyl (C=O) groups is 1. The second kappa shape index (κ2) is 8.06. The molecule has 0 spiro atoms. The van der Waals surface area contributed by atoms with E-state index in [1.165, 1.54) is 12.2 Å². The van der Waals surface area contributed by atoms with Gasteiger partial charge in [-0.2, -0.15) is 11.8 Å². The molecule has 1 aliphatic carbocycles. The minimum atomic E-state index is 0.109. The van der Waals surface area contributed by atoms with Crippen LogP contribution >= 0.6 is 11.8 Å². The number of aromatic nitrogens is 1. The molecule has 1 aromatic rings. The van der Waals surface area contributed by atoms with Gasteiger partial charge in [-0.15, -0.1) is 0 Å². The van der Waals surface area contributed by atoms with Crippen LogP contribution in [-0.4, -0.2) is 64.2 Å². The fourth-order valence-corrected chi connectivity index (χ4v) is 4.52. The number of rotatable bonds is 5. The summed E-state index contributed by atoms with van der Waals surface area (Å²) in [6.45, 7) is 6.34. The van der Waals surface area contributed by atoms with E-state index in [-0.39, 0.29) is 6.03 Å². The van der Waals surface area contributed by atoms with Crippen LogP contribution in [0, 0.1) is 0 Å². The normalized spacial score (nSPS) is 25.7.